The Labute approximate surface area is 130 Å². The number of imidazole rings is 1. The first-order valence-electron chi connectivity index (χ1n) is 7.64. The topological polar surface area (TPSA) is 59.3 Å². The van der Waals surface area contributed by atoms with Gasteiger partial charge in [-0.15, -0.1) is 0 Å². The summed E-state index contributed by atoms with van der Waals surface area (Å²) in [5, 5.41) is 0. The lowest BCUT2D eigenvalue weighted by Gasteiger charge is -2.34. The molecule has 0 unspecified atom stereocenters. The highest BCUT2D eigenvalue weighted by molar-refractivity contribution is 5.32. The summed E-state index contributed by atoms with van der Waals surface area (Å²) in [7, 11) is 1.62. The van der Waals surface area contributed by atoms with E-state index in [-0.39, 0.29) is 0 Å². The minimum atomic E-state index is 0.609. The Kier molecular flexibility index (Phi) is 4.53. The van der Waals surface area contributed by atoms with Crippen LogP contribution < -0.4 is 9.64 Å². The summed E-state index contributed by atoms with van der Waals surface area (Å²) in [5.41, 5.74) is 0. The zero-order chi connectivity index (χ0) is 15.4. The van der Waals surface area contributed by atoms with E-state index in [0.29, 0.717) is 5.88 Å². The molecular formula is C15H22N6O. The Hall–Kier alpha value is -2.15. The first-order chi connectivity index (χ1) is 10.8. The molecule has 2 aromatic rings. The van der Waals surface area contributed by atoms with Crippen molar-refractivity contribution in [1.82, 2.24) is 24.4 Å². The van der Waals surface area contributed by atoms with Crippen molar-refractivity contribution in [2.24, 2.45) is 0 Å². The molecule has 0 spiro atoms. The van der Waals surface area contributed by atoms with E-state index in [9.17, 15) is 0 Å². The Balaban J connectivity index is 1.58. The smallest absolute Gasteiger partial charge is 0.228 e. The van der Waals surface area contributed by atoms with Crippen molar-refractivity contribution in [3.8, 4) is 5.88 Å². The molecule has 1 aliphatic heterocycles. The summed E-state index contributed by atoms with van der Waals surface area (Å²) in [5.74, 6) is 2.49. The zero-order valence-electron chi connectivity index (χ0n) is 13.1. The lowest BCUT2D eigenvalue weighted by molar-refractivity contribution is 0.239. The highest BCUT2D eigenvalue weighted by Gasteiger charge is 2.20. The number of rotatable bonds is 5. The Morgan fingerprint density at radius 1 is 1.14 bits per heavy atom. The molecule has 3 heterocycles. The number of methoxy groups -OCH3 is 1. The molecule has 7 heteroatoms. The molecule has 1 fully saturated rings. The van der Waals surface area contributed by atoms with Gasteiger partial charge >= 0.3 is 0 Å². The van der Waals surface area contributed by atoms with Gasteiger partial charge in [-0.25, -0.2) is 9.97 Å². The van der Waals surface area contributed by atoms with E-state index in [4.69, 9.17) is 4.74 Å². The second kappa shape index (κ2) is 6.74. The van der Waals surface area contributed by atoms with Gasteiger partial charge in [0.1, 0.15) is 5.82 Å². The van der Waals surface area contributed by atoms with Gasteiger partial charge in [0.15, 0.2) is 0 Å². The van der Waals surface area contributed by atoms with Crippen molar-refractivity contribution in [1.29, 1.82) is 0 Å². The fourth-order valence-electron chi connectivity index (χ4n) is 2.68. The number of piperazine rings is 1. The predicted octanol–water partition coefficient (Wildman–Crippen LogP) is 1.02. The summed E-state index contributed by atoms with van der Waals surface area (Å²) in [6.45, 7) is 7.80. The van der Waals surface area contributed by atoms with Crippen LogP contribution in [0, 0.1) is 0 Å². The number of ether oxygens (including phenoxy) is 1. The van der Waals surface area contributed by atoms with Gasteiger partial charge in [0.25, 0.3) is 0 Å². The van der Waals surface area contributed by atoms with E-state index < -0.39 is 0 Å². The van der Waals surface area contributed by atoms with E-state index in [1.165, 1.54) is 0 Å². The lowest BCUT2D eigenvalue weighted by atomic mass is 10.3. The number of hydrogen-bond donors (Lipinski definition) is 0. The maximum Gasteiger partial charge on any atom is 0.228 e. The van der Waals surface area contributed by atoms with Gasteiger partial charge in [-0.1, -0.05) is 0 Å². The van der Waals surface area contributed by atoms with Crippen LogP contribution >= 0.6 is 0 Å². The van der Waals surface area contributed by atoms with Crippen LogP contribution in [0.1, 0.15) is 12.7 Å². The summed E-state index contributed by atoms with van der Waals surface area (Å²) in [6.07, 6.45) is 5.65. The first-order valence-corrected chi connectivity index (χ1v) is 7.64. The summed E-state index contributed by atoms with van der Waals surface area (Å²) >= 11 is 0. The minimum Gasteiger partial charge on any atom is -0.481 e. The molecule has 0 radical (unpaired) electrons. The van der Waals surface area contributed by atoms with Crippen LogP contribution in [0.3, 0.4) is 0 Å². The third-order valence-electron chi connectivity index (χ3n) is 3.99. The number of aryl methyl sites for hydroxylation is 1. The molecule has 0 aliphatic carbocycles. The predicted molar refractivity (Wildman–Crippen MR) is 84.0 cm³/mol. The lowest BCUT2D eigenvalue weighted by Crippen LogP contribution is -2.46. The zero-order valence-corrected chi connectivity index (χ0v) is 13.1. The van der Waals surface area contributed by atoms with Gasteiger partial charge in [-0.3, -0.25) is 4.90 Å². The number of nitrogens with zero attached hydrogens (tertiary/aromatic N) is 6. The quantitative estimate of drug-likeness (QED) is 0.822. The highest BCUT2D eigenvalue weighted by atomic mass is 16.5. The van der Waals surface area contributed by atoms with Gasteiger partial charge in [-0.05, 0) is 6.92 Å². The fraction of sp³-hybridized carbons (Fsp3) is 0.533. The maximum atomic E-state index is 5.16. The van der Waals surface area contributed by atoms with Crippen LogP contribution in [0.5, 0.6) is 5.88 Å². The molecule has 1 saturated heterocycles. The monoisotopic (exact) mass is 302 g/mol. The molecule has 7 nitrogen and oxygen atoms in total. The SMILES string of the molecule is CCn1ccnc1CN1CCN(c2nccc(OC)n2)CC1. The molecule has 2 aromatic heterocycles. The van der Waals surface area contributed by atoms with Crippen LogP contribution in [0.25, 0.3) is 0 Å². The molecule has 0 bridgehead atoms. The largest absolute Gasteiger partial charge is 0.481 e. The van der Waals surface area contributed by atoms with Crippen LogP contribution in [-0.2, 0) is 13.1 Å². The minimum absolute atomic E-state index is 0.609. The number of hydrogen-bond acceptors (Lipinski definition) is 6. The maximum absolute atomic E-state index is 5.16. The molecule has 1 aliphatic rings. The van der Waals surface area contributed by atoms with Crippen molar-refractivity contribution in [2.75, 3.05) is 38.2 Å². The molecule has 3 rings (SSSR count). The van der Waals surface area contributed by atoms with Gasteiger partial charge in [-0.2, -0.15) is 4.98 Å². The average molecular weight is 302 g/mol. The molecule has 0 N–H and O–H groups in total. The van der Waals surface area contributed by atoms with E-state index in [1.807, 2.05) is 12.4 Å². The molecular weight excluding hydrogens is 280 g/mol. The molecule has 118 valence electrons. The van der Waals surface area contributed by atoms with E-state index in [1.54, 1.807) is 19.4 Å². The van der Waals surface area contributed by atoms with Gasteiger partial charge in [0.05, 0.1) is 13.7 Å². The van der Waals surface area contributed by atoms with Crippen LogP contribution in [0.2, 0.25) is 0 Å². The third kappa shape index (κ3) is 3.19. The highest BCUT2D eigenvalue weighted by Crippen LogP contribution is 2.15. The van der Waals surface area contributed by atoms with Crippen LogP contribution in [0.4, 0.5) is 5.95 Å². The van der Waals surface area contributed by atoms with Crippen LogP contribution in [0.15, 0.2) is 24.7 Å². The van der Waals surface area contributed by atoms with Crippen molar-refractivity contribution in [3.05, 3.63) is 30.5 Å². The Morgan fingerprint density at radius 3 is 2.68 bits per heavy atom. The fourth-order valence-corrected chi connectivity index (χ4v) is 2.68. The Bertz CT molecular complexity index is 606. The van der Waals surface area contributed by atoms with Crippen molar-refractivity contribution in [2.45, 2.75) is 20.0 Å². The standard InChI is InChI=1S/C15H22N6O/c1-3-20-7-6-16-13(20)12-19-8-10-21(11-9-19)15-17-5-4-14(18-15)22-2/h4-7H,3,8-12H2,1-2H3. The van der Waals surface area contributed by atoms with Crippen LogP contribution in [-0.4, -0.2) is 57.7 Å². The average Bonchev–Trinajstić information content (AvgIpc) is 3.03. The summed E-state index contributed by atoms with van der Waals surface area (Å²) < 4.78 is 7.36. The van der Waals surface area contributed by atoms with E-state index in [0.717, 1.165) is 51.0 Å². The third-order valence-corrected chi connectivity index (χ3v) is 3.99. The molecule has 0 aromatic carbocycles. The second-order valence-electron chi connectivity index (χ2n) is 5.29. The normalized spacial score (nSPS) is 16.0. The molecule has 0 amide bonds. The Morgan fingerprint density at radius 2 is 1.95 bits per heavy atom. The van der Waals surface area contributed by atoms with Gasteiger partial charge < -0.3 is 14.2 Å². The second-order valence-corrected chi connectivity index (χ2v) is 5.29. The summed E-state index contributed by atoms with van der Waals surface area (Å²) in [6, 6.07) is 1.77. The first kappa shape index (κ1) is 14.8. The molecule has 0 saturated carbocycles. The number of aromatic nitrogens is 4. The number of anilines is 1. The van der Waals surface area contributed by atoms with Crippen molar-refractivity contribution >= 4 is 5.95 Å². The van der Waals surface area contributed by atoms with Crippen molar-refractivity contribution in [3.63, 3.8) is 0 Å². The van der Waals surface area contributed by atoms with Gasteiger partial charge in [0, 0.05) is 57.4 Å². The van der Waals surface area contributed by atoms with Crippen molar-refractivity contribution < 1.29 is 4.74 Å². The van der Waals surface area contributed by atoms with E-state index >= 15 is 0 Å². The summed E-state index contributed by atoms with van der Waals surface area (Å²) in [4.78, 5) is 17.8. The van der Waals surface area contributed by atoms with Gasteiger partial charge in [0.2, 0.25) is 11.8 Å². The molecule has 22 heavy (non-hydrogen) atoms. The van der Waals surface area contributed by atoms with E-state index in [2.05, 4.69) is 36.2 Å². The molecule has 0 atom stereocenters.